The molecule has 0 amide bonds. The van der Waals surface area contributed by atoms with E-state index in [2.05, 4.69) is 0 Å². The van der Waals surface area contributed by atoms with Crippen molar-refractivity contribution in [3.63, 3.8) is 0 Å². The van der Waals surface area contributed by atoms with Crippen molar-refractivity contribution < 1.29 is 71.2 Å². The monoisotopic (exact) mass is 970 g/mol. The van der Waals surface area contributed by atoms with Gasteiger partial charge in [0.15, 0.2) is 24.5 Å². The van der Waals surface area contributed by atoms with E-state index in [0.717, 1.165) is 22.3 Å². The fraction of sp³-hybridized carbons (Fsp3) is 0.339. The largest absolute Gasteiger partial charge is 0.459 e. The van der Waals surface area contributed by atoms with Gasteiger partial charge < -0.3 is 52.1 Å². The molecule has 3 heterocycles. The minimum atomic E-state index is -2.21. The lowest BCUT2D eigenvalue weighted by atomic mass is 9.97. The fourth-order valence-electron chi connectivity index (χ4n) is 8.12. The van der Waals surface area contributed by atoms with Crippen LogP contribution < -0.4 is 0 Å². The molecule has 1 unspecified atom stereocenters. The molecule has 15 nitrogen and oxygen atoms in total. The zero-order chi connectivity index (χ0) is 49.3. The second kappa shape index (κ2) is 25.8. The van der Waals surface area contributed by atoms with E-state index in [1.54, 1.807) is 42.5 Å². The van der Waals surface area contributed by atoms with E-state index in [1.807, 2.05) is 121 Å². The quantitative estimate of drug-likeness (QED) is 0.0357. The predicted molar refractivity (Wildman–Crippen MR) is 256 cm³/mol. The van der Waals surface area contributed by atoms with Crippen LogP contribution in [-0.4, -0.2) is 106 Å². The number of esters is 2. The van der Waals surface area contributed by atoms with Crippen molar-refractivity contribution in [1.82, 2.24) is 0 Å². The Morgan fingerprint density at radius 1 is 0.563 bits per heavy atom. The molecule has 372 valence electrons. The predicted octanol–water partition coefficient (Wildman–Crippen LogP) is 7.61. The molecule has 71 heavy (non-hydrogen) atoms. The maximum absolute atomic E-state index is 13.5. The SMILES string of the molecule is CO[C@H]1O[C@H](CO[C@@]2(OC(C)=O)C=CC(=O)[C@@H](COC3C=C[C@H](OCc4ccccc4)[C@@H](COC(=O)c4ccccc4)O3)O2)[C@@H](OCc2ccccc2)[C@H](OCc2ccccc2)[C@H]1OCc1ccccc1. The molecule has 1 saturated heterocycles. The number of hydrogen-bond donors (Lipinski definition) is 0. The smallest absolute Gasteiger partial charge is 0.352 e. The first kappa shape index (κ1) is 51.2. The highest BCUT2D eigenvalue weighted by atomic mass is 16.9. The van der Waals surface area contributed by atoms with Crippen LogP contribution in [0.1, 0.15) is 39.5 Å². The molecule has 5 aromatic carbocycles. The minimum Gasteiger partial charge on any atom is -0.459 e. The van der Waals surface area contributed by atoms with Gasteiger partial charge in [0.25, 0.3) is 0 Å². The Morgan fingerprint density at radius 2 is 1.08 bits per heavy atom. The number of ether oxygens (including phenoxy) is 12. The van der Waals surface area contributed by atoms with Crippen LogP contribution in [-0.2, 0) is 92.9 Å². The number of rotatable bonds is 23. The Hall–Kier alpha value is -6.21. The highest BCUT2D eigenvalue weighted by Gasteiger charge is 2.51. The zero-order valence-corrected chi connectivity index (χ0v) is 39.5. The van der Waals surface area contributed by atoms with Gasteiger partial charge in [-0.1, -0.05) is 146 Å². The molecule has 1 fully saturated rings. The van der Waals surface area contributed by atoms with Crippen LogP contribution in [0.25, 0.3) is 0 Å². The molecular weight excluding hydrogens is 913 g/mol. The van der Waals surface area contributed by atoms with E-state index in [9.17, 15) is 14.4 Å². The highest BCUT2D eigenvalue weighted by molar-refractivity contribution is 5.94. The van der Waals surface area contributed by atoms with E-state index in [-0.39, 0.29) is 46.2 Å². The summed E-state index contributed by atoms with van der Waals surface area (Å²) in [6.45, 7) is 1.24. The van der Waals surface area contributed by atoms with Crippen LogP contribution in [0.2, 0.25) is 0 Å². The second-order valence-corrected chi connectivity index (χ2v) is 16.9. The van der Waals surface area contributed by atoms with Gasteiger partial charge >= 0.3 is 17.9 Å². The van der Waals surface area contributed by atoms with Crippen molar-refractivity contribution in [1.29, 1.82) is 0 Å². The number of hydrogen-bond acceptors (Lipinski definition) is 15. The van der Waals surface area contributed by atoms with E-state index < -0.39 is 79.0 Å². The Labute approximate surface area is 413 Å². The second-order valence-electron chi connectivity index (χ2n) is 16.9. The van der Waals surface area contributed by atoms with E-state index in [4.69, 9.17) is 56.8 Å². The summed E-state index contributed by atoms with van der Waals surface area (Å²) in [5, 5.41) is 0. The van der Waals surface area contributed by atoms with Crippen LogP contribution in [0.15, 0.2) is 176 Å². The van der Waals surface area contributed by atoms with Gasteiger partial charge in [0.05, 0.1) is 45.2 Å². The van der Waals surface area contributed by atoms with E-state index >= 15 is 0 Å². The third-order valence-corrected chi connectivity index (χ3v) is 11.7. The van der Waals surface area contributed by atoms with Gasteiger partial charge in [-0.2, -0.15) is 0 Å². The molecule has 0 radical (unpaired) electrons. The molecule has 3 aliphatic heterocycles. The molecule has 3 aliphatic rings. The van der Waals surface area contributed by atoms with Crippen molar-refractivity contribution in [3.05, 3.63) is 204 Å². The zero-order valence-electron chi connectivity index (χ0n) is 39.5. The topological polar surface area (TPSA) is 162 Å². The Kier molecular flexibility index (Phi) is 18.6. The van der Waals surface area contributed by atoms with Crippen molar-refractivity contribution in [2.75, 3.05) is 26.9 Å². The van der Waals surface area contributed by atoms with E-state index in [1.165, 1.54) is 26.2 Å². The minimum absolute atomic E-state index is 0.163. The van der Waals surface area contributed by atoms with Crippen molar-refractivity contribution in [3.8, 4) is 0 Å². The maximum atomic E-state index is 13.5. The van der Waals surface area contributed by atoms with Crippen LogP contribution in [0, 0.1) is 0 Å². The van der Waals surface area contributed by atoms with Crippen LogP contribution >= 0.6 is 0 Å². The summed E-state index contributed by atoms with van der Waals surface area (Å²) in [6, 6.07) is 47.3. The van der Waals surface area contributed by atoms with E-state index in [0.29, 0.717) is 5.56 Å². The lowest BCUT2D eigenvalue weighted by molar-refractivity contribution is -0.372. The Morgan fingerprint density at radius 3 is 1.63 bits per heavy atom. The Balaban J connectivity index is 0.983. The molecule has 5 aromatic rings. The van der Waals surface area contributed by atoms with Gasteiger partial charge in [-0.05, 0) is 46.5 Å². The summed E-state index contributed by atoms with van der Waals surface area (Å²) < 4.78 is 75.1. The van der Waals surface area contributed by atoms with Crippen molar-refractivity contribution in [2.45, 2.75) is 94.6 Å². The molecule has 0 aliphatic carbocycles. The van der Waals surface area contributed by atoms with Crippen molar-refractivity contribution >= 4 is 17.7 Å². The summed E-state index contributed by atoms with van der Waals surface area (Å²) in [4.78, 5) is 39.2. The van der Waals surface area contributed by atoms with Gasteiger partial charge in [0, 0.05) is 20.1 Å². The number of methoxy groups -OCH3 is 1. The van der Waals surface area contributed by atoms with Crippen molar-refractivity contribution in [2.24, 2.45) is 0 Å². The number of carbonyl (C=O) groups excluding carboxylic acids is 3. The molecule has 10 atom stereocenters. The molecular formula is C56H58O15. The molecule has 0 N–H and O–H groups in total. The lowest BCUT2D eigenvalue weighted by Gasteiger charge is -2.46. The maximum Gasteiger partial charge on any atom is 0.352 e. The van der Waals surface area contributed by atoms with Gasteiger partial charge in [0.1, 0.15) is 43.2 Å². The molecule has 15 heteroatoms. The Bertz CT molecular complexity index is 2480. The third kappa shape index (κ3) is 14.7. The third-order valence-electron chi connectivity index (χ3n) is 11.7. The molecule has 0 bridgehead atoms. The fourth-order valence-corrected chi connectivity index (χ4v) is 8.12. The first-order valence-electron chi connectivity index (χ1n) is 23.5. The van der Waals surface area contributed by atoms with Gasteiger partial charge in [-0.15, -0.1) is 0 Å². The van der Waals surface area contributed by atoms with Crippen LogP contribution in [0.3, 0.4) is 0 Å². The summed E-state index contributed by atoms with van der Waals surface area (Å²) in [7, 11) is 1.51. The summed E-state index contributed by atoms with van der Waals surface area (Å²) in [6.07, 6.45) is -2.28. The number of ketones is 1. The van der Waals surface area contributed by atoms with Gasteiger partial charge in [0.2, 0.25) is 0 Å². The average Bonchev–Trinajstić information content (AvgIpc) is 3.41. The number of carbonyl (C=O) groups is 3. The normalized spacial score (nSPS) is 26.2. The molecule has 0 aromatic heterocycles. The first-order valence-corrected chi connectivity index (χ1v) is 23.5. The van der Waals surface area contributed by atoms with Crippen LogP contribution in [0.4, 0.5) is 0 Å². The molecule has 0 saturated carbocycles. The van der Waals surface area contributed by atoms with Gasteiger partial charge in [-0.25, -0.2) is 4.79 Å². The lowest BCUT2D eigenvalue weighted by Crippen LogP contribution is -2.62. The number of benzene rings is 5. The summed E-state index contributed by atoms with van der Waals surface area (Å²) >= 11 is 0. The highest BCUT2D eigenvalue weighted by Crippen LogP contribution is 2.34. The molecule has 0 spiro atoms. The molecule has 8 rings (SSSR count). The average molecular weight is 971 g/mol. The summed E-state index contributed by atoms with van der Waals surface area (Å²) in [5.41, 5.74) is 4.07. The van der Waals surface area contributed by atoms with Gasteiger partial charge in [-0.3, -0.25) is 14.3 Å². The first-order chi connectivity index (χ1) is 34.7. The van der Waals surface area contributed by atoms with Crippen LogP contribution in [0.5, 0.6) is 0 Å². The standard InChI is InChI=1S/C56H58O15/c1-39(57)70-56(31-30-45(58)47(71-56)36-62-50-29-28-46(61-32-40-18-8-3-9-19-40)48(68-50)37-66-54(59)44-26-16-7-17-27-44)67-38-49-51(63-33-41-20-10-4-11-21-41)52(64-34-42-22-12-5-13-23-42)53(55(60-2)69-49)65-35-43-24-14-6-15-25-43/h3-31,46-53,55H,32-38H2,1-2H3/t46-,47+,48+,49+,50?,51+,52-,53+,55-,56+/m0/s1. The summed E-state index contributed by atoms with van der Waals surface area (Å²) in [5.74, 6) is -3.99.